The molecule has 1 aromatic heterocycles. The Labute approximate surface area is 160 Å². The maximum Gasteiger partial charge on any atom is 0.284 e. The summed E-state index contributed by atoms with van der Waals surface area (Å²) in [5.41, 5.74) is 5.95. The zero-order valence-electron chi connectivity index (χ0n) is 15.0. The SMILES string of the molecule is Cn1cnnc1Sc1ccc(C(=O)NC2CCCCC2CN)cc1[N+](=O)[O-]. The number of aryl methyl sites for hydroxylation is 1. The third-order valence-electron chi connectivity index (χ3n) is 4.82. The van der Waals surface area contributed by atoms with Gasteiger partial charge in [0.15, 0.2) is 5.16 Å². The molecule has 27 heavy (non-hydrogen) atoms. The fraction of sp³-hybridized carbons (Fsp3) is 0.471. The summed E-state index contributed by atoms with van der Waals surface area (Å²) in [7, 11) is 1.76. The van der Waals surface area contributed by atoms with Gasteiger partial charge >= 0.3 is 0 Å². The number of hydrogen-bond donors (Lipinski definition) is 2. The third-order valence-corrected chi connectivity index (χ3v) is 5.93. The lowest BCUT2D eigenvalue weighted by molar-refractivity contribution is -0.387. The molecule has 3 rings (SSSR count). The van der Waals surface area contributed by atoms with E-state index in [4.69, 9.17) is 5.73 Å². The predicted molar refractivity (Wildman–Crippen MR) is 100 cm³/mol. The topological polar surface area (TPSA) is 129 Å². The van der Waals surface area contributed by atoms with E-state index in [-0.39, 0.29) is 29.1 Å². The normalized spacial score (nSPS) is 19.6. The number of rotatable bonds is 6. The Hall–Kier alpha value is -2.46. The van der Waals surface area contributed by atoms with Gasteiger partial charge in [0.25, 0.3) is 11.6 Å². The number of carbonyl (C=O) groups excluding carboxylic acids is 1. The molecule has 144 valence electrons. The van der Waals surface area contributed by atoms with Gasteiger partial charge in [-0.2, -0.15) is 0 Å². The average Bonchev–Trinajstić information content (AvgIpc) is 3.07. The quantitative estimate of drug-likeness (QED) is 0.571. The molecule has 1 aliphatic rings. The van der Waals surface area contributed by atoms with Crippen LogP contribution < -0.4 is 11.1 Å². The molecule has 1 amide bonds. The average molecular weight is 390 g/mol. The first kappa shape index (κ1) is 19.3. The number of nitro benzene ring substituents is 1. The van der Waals surface area contributed by atoms with Crippen LogP contribution in [0.25, 0.3) is 0 Å². The lowest BCUT2D eigenvalue weighted by Crippen LogP contribution is -2.44. The minimum Gasteiger partial charge on any atom is -0.349 e. The first-order chi connectivity index (χ1) is 13.0. The largest absolute Gasteiger partial charge is 0.349 e. The number of hydrogen-bond acceptors (Lipinski definition) is 7. The molecule has 2 atom stereocenters. The molecule has 1 heterocycles. The van der Waals surface area contributed by atoms with E-state index >= 15 is 0 Å². The van der Waals surface area contributed by atoms with Crippen LogP contribution in [0.4, 0.5) is 5.69 Å². The zero-order chi connectivity index (χ0) is 19.4. The molecule has 0 spiro atoms. The van der Waals surface area contributed by atoms with Crippen LogP contribution in [0.1, 0.15) is 36.0 Å². The molecule has 0 saturated heterocycles. The second kappa shape index (κ2) is 8.49. The van der Waals surface area contributed by atoms with Gasteiger partial charge < -0.3 is 15.6 Å². The van der Waals surface area contributed by atoms with Gasteiger partial charge in [-0.25, -0.2) is 0 Å². The summed E-state index contributed by atoms with van der Waals surface area (Å²) in [5.74, 6) is -0.0536. The smallest absolute Gasteiger partial charge is 0.284 e. The van der Waals surface area contributed by atoms with E-state index < -0.39 is 4.92 Å². The third kappa shape index (κ3) is 4.45. The van der Waals surface area contributed by atoms with Gasteiger partial charge in [-0.3, -0.25) is 14.9 Å². The van der Waals surface area contributed by atoms with Crippen LogP contribution in [0.2, 0.25) is 0 Å². The summed E-state index contributed by atoms with van der Waals surface area (Å²) in [4.78, 5) is 24.0. The highest BCUT2D eigenvalue weighted by molar-refractivity contribution is 7.99. The number of carbonyl (C=O) groups is 1. The Morgan fingerprint density at radius 3 is 2.89 bits per heavy atom. The van der Waals surface area contributed by atoms with Gasteiger partial charge in [0.1, 0.15) is 6.33 Å². The zero-order valence-corrected chi connectivity index (χ0v) is 15.8. The number of amides is 1. The molecule has 0 bridgehead atoms. The Morgan fingerprint density at radius 2 is 2.22 bits per heavy atom. The van der Waals surface area contributed by atoms with Crippen molar-refractivity contribution in [3.63, 3.8) is 0 Å². The van der Waals surface area contributed by atoms with Gasteiger partial charge in [-0.1, -0.05) is 12.8 Å². The Kier molecular flexibility index (Phi) is 6.07. The van der Waals surface area contributed by atoms with Crippen molar-refractivity contribution in [3.8, 4) is 0 Å². The monoisotopic (exact) mass is 390 g/mol. The highest BCUT2D eigenvalue weighted by atomic mass is 32.2. The van der Waals surface area contributed by atoms with Crippen LogP contribution in [0.15, 0.2) is 34.6 Å². The van der Waals surface area contributed by atoms with Gasteiger partial charge in [0.2, 0.25) is 0 Å². The van der Waals surface area contributed by atoms with Gasteiger partial charge in [-0.15, -0.1) is 10.2 Å². The molecule has 1 aromatic carbocycles. The standard InChI is InChI=1S/C17H22N6O3S/c1-22-10-19-21-17(22)27-15-7-6-11(8-14(15)23(25)26)16(24)20-13-5-3-2-4-12(13)9-18/h6-8,10,12-13H,2-5,9,18H2,1H3,(H,20,24). The van der Waals surface area contributed by atoms with Crippen molar-refractivity contribution in [2.75, 3.05) is 6.54 Å². The van der Waals surface area contributed by atoms with Crippen LogP contribution in [-0.2, 0) is 7.05 Å². The van der Waals surface area contributed by atoms with Crippen LogP contribution in [0.5, 0.6) is 0 Å². The fourth-order valence-corrected chi connectivity index (χ4v) is 4.13. The van der Waals surface area contributed by atoms with Gasteiger partial charge in [-0.05, 0) is 49.2 Å². The molecule has 1 aliphatic carbocycles. The summed E-state index contributed by atoms with van der Waals surface area (Å²) in [6, 6.07) is 4.51. The van der Waals surface area contributed by atoms with Crippen LogP contribution >= 0.6 is 11.8 Å². The molecule has 3 N–H and O–H groups in total. The van der Waals surface area contributed by atoms with Crippen molar-refractivity contribution in [3.05, 3.63) is 40.2 Å². The van der Waals surface area contributed by atoms with Crippen molar-refractivity contribution >= 4 is 23.4 Å². The fourth-order valence-electron chi connectivity index (χ4n) is 3.28. The second-order valence-electron chi connectivity index (χ2n) is 6.63. The number of aromatic nitrogens is 3. The minimum atomic E-state index is -0.487. The Morgan fingerprint density at radius 1 is 1.44 bits per heavy atom. The first-order valence-corrected chi connectivity index (χ1v) is 9.62. The summed E-state index contributed by atoms with van der Waals surface area (Å²) < 4.78 is 1.67. The van der Waals surface area contributed by atoms with E-state index in [0.717, 1.165) is 37.4 Å². The van der Waals surface area contributed by atoms with Crippen molar-refractivity contribution in [1.29, 1.82) is 0 Å². The lowest BCUT2D eigenvalue weighted by atomic mass is 9.84. The predicted octanol–water partition coefficient (Wildman–Crippen LogP) is 2.12. The molecule has 10 heteroatoms. The van der Waals surface area contributed by atoms with Crippen molar-refractivity contribution in [2.24, 2.45) is 18.7 Å². The molecule has 9 nitrogen and oxygen atoms in total. The molecule has 2 unspecified atom stereocenters. The molecule has 0 radical (unpaired) electrons. The molecular weight excluding hydrogens is 368 g/mol. The number of nitrogens with zero attached hydrogens (tertiary/aromatic N) is 4. The Balaban J connectivity index is 1.79. The van der Waals surface area contributed by atoms with Crippen molar-refractivity contribution in [2.45, 2.75) is 41.8 Å². The van der Waals surface area contributed by atoms with Gasteiger partial charge in [0.05, 0.1) is 9.82 Å². The Bertz CT molecular complexity index is 840. The van der Waals surface area contributed by atoms with Crippen LogP contribution in [0.3, 0.4) is 0 Å². The van der Waals surface area contributed by atoms with E-state index in [1.165, 1.54) is 12.4 Å². The molecule has 1 fully saturated rings. The number of nitro groups is 1. The van der Waals surface area contributed by atoms with Crippen molar-refractivity contribution < 1.29 is 9.72 Å². The number of benzene rings is 1. The van der Waals surface area contributed by atoms with E-state index in [1.807, 2.05) is 0 Å². The van der Waals surface area contributed by atoms with Gasteiger partial charge in [0, 0.05) is 24.7 Å². The summed E-state index contributed by atoms with van der Waals surface area (Å²) in [5, 5.41) is 22.7. The van der Waals surface area contributed by atoms with E-state index in [9.17, 15) is 14.9 Å². The lowest BCUT2D eigenvalue weighted by Gasteiger charge is -2.31. The highest BCUT2D eigenvalue weighted by Gasteiger charge is 2.27. The highest BCUT2D eigenvalue weighted by Crippen LogP contribution is 2.34. The molecule has 2 aromatic rings. The first-order valence-electron chi connectivity index (χ1n) is 8.80. The molecular formula is C17H22N6O3S. The van der Waals surface area contributed by atoms with E-state index in [1.54, 1.807) is 23.7 Å². The maximum absolute atomic E-state index is 12.6. The maximum atomic E-state index is 12.6. The second-order valence-corrected chi connectivity index (χ2v) is 7.64. The molecule has 1 saturated carbocycles. The summed E-state index contributed by atoms with van der Waals surface area (Å²) in [6.45, 7) is 0.526. The molecule has 0 aliphatic heterocycles. The number of nitrogens with two attached hydrogens (primary N) is 1. The summed E-state index contributed by atoms with van der Waals surface area (Å²) in [6.07, 6.45) is 5.57. The van der Waals surface area contributed by atoms with Crippen LogP contribution in [-0.4, -0.2) is 38.2 Å². The summed E-state index contributed by atoms with van der Waals surface area (Å²) >= 11 is 1.14. The van der Waals surface area contributed by atoms with E-state index in [2.05, 4.69) is 15.5 Å². The minimum absolute atomic E-state index is 0.0167. The van der Waals surface area contributed by atoms with E-state index in [0.29, 0.717) is 16.6 Å². The van der Waals surface area contributed by atoms with Crippen molar-refractivity contribution in [1.82, 2.24) is 20.1 Å². The number of nitrogens with one attached hydrogen (secondary N) is 1. The van der Waals surface area contributed by atoms with Crippen LogP contribution in [0, 0.1) is 16.0 Å².